The van der Waals surface area contributed by atoms with E-state index in [9.17, 15) is 9.59 Å². The molecular weight excluding hydrogens is 236 g/mol. The maximum atomic E-state index is 11.4. The summed E-state index contributed by atoms with van der Waals surface area (Å²) in [5.41, 5.74) is 7.94. The highest BCUT2D eigenvalue weighted by molar-refractivity contribution is 5.82. The van der Waals surface area contributed by atoms with Crippen LogP contribution in [0.4, 0.5) is 0 Å². The fourth-order valence-corrected chi connectivity index (χ4v) is 1.52. The van der Waals surface area contributed by atoms with Gasteiger partial charge in [0.1, 0.15) is 6.61 Å². The lowest BCUT2D eigenvalue weighted by Gasteiger charge is -2.15. The van der Waals surface area contributed by atoms with Gasteiger partial charge in [-0.3, -0.25) is 9.59 Å². The molecule has 6 nitrogen and oxygen atoms in total. The molecule has 1 unspecified atom stereocenters. The topological polar surface area (TPSA) is 88.8 Å². The lowest BCUT2D eigenvalue weighted by molar-refractivity contribution is -0.142. The number of rotatable bonds is 5. The van der Waals surface area contributed by atoms with E-state index < -0.39 is 18.0 Å². The van der Waals surface area contributed by atoms with Gasteiger partial charge in [-0.1, -0.05) is 24.3 Å². The molecular formula is C12H14N2O4. The number of esters is 1. The molecule has 0 aromatic heterocycles. The van der Waals surface area contributed by atoms with Crippen molar-refractivity contribution in [1.82, 2.24) is 0 Å². The zero-order valence-corrected chi connectivity index (χ0v) is 10.2. The van der Waals surface area contributed by atoms with Crippen LogP contribution in [0.3, 0.4) is 0 Å². The first-order valence-electron chi connectivity index (χ1n) is 5.25. The smallest absolute Gasteiger partial charge is 0.302 e. The summed E-state index contributed by atoms with van der Waals surface area (Å²) in [5, 5.41) is 2.85. The van der Waals surface area contributed by atoms with Crippen molar-refractivity contribution >= 4 is 11.9 Å². The second kappa shape index (κ2) is 6.61. The van der Waals surface area contributed by atoms with Crippen molar-refractivity contribution in [2.45, 2.75) is 19.6 Å². The number of ether oxygens (including phenoxy) is 2. The third-order valence-electron chi connectivity index (χ3n) is 2.34. The SMILES string of the molecule is COC(C(=O)N=N)c1ccccc1COC(C)=O. The van der Waals surface area contributed by atoms with Crippen LogP contribution in [0.1, 0.15) is 24.2 Å². The monoisotopic (exact) mass is 250 g/mol. The summed E-state index contributed by atoms with van der Waals surface area (Å²) in [7, 11) is 1.36. The Morgan fingerprint density at radius 2 is 2.06 bits per heavy atom. The summed E-state index contributed by atoms with van der Waals surface area (Å²) in [6.45, 7) is 1.36. The highest BCUT2D eigenvalue weighted by atomic mass is 16.5. The largest absolute Gasteiger partial charge is 0.461 e. The highest BCUT2D eigenvalue weighted by Crippen LogP contribution is 2.23. The zero-order valence-electron chi connectivity index (χ0n) is 10.2. The number of nitrogens with one attached hydrogen (secondary N) is 1. The van der Waals surface area contributed by atoms with Gasteiger partial charge in [0, 0.05) is 14.0 Å². The van der Waals surface area contributed by atoms with Gasteiger partial charge in [0.25, 0.3) is 5.91 Å². The van der Waals surface area contributed by atoms with E-state index in [1.165, 1.54) is 14.0 Å². The minimum atomic E-state index is -0.950. The fraction of sp³-hybridized carbons (Fsp3) is 0.333. The van der Waals surface area contributed by atoms with Crippen LogP contribution in [0.2, 0.25) is 0 Å². The Hall–Kier alpha value is -2.08. The lowest BCUT2D eigenvalue weighted by atomic mass is 10.0. The molecule has 0 aliphatic rings. The number of carbonyl (C=O) groups excluding carboxylic acids is 2. The van der Waals surface area contributed by atoms with Crippen LogP contribution < -0.4 is 0 Å². The molecule has 1 N–H and O–H groups in total. The molecule has 0 aliphatic carbocycles. The van der Waals surface area contributed by atoms with Crippen molar-refractivity contribution < 1.29 is 19.1 Å². The van der Waals surface area contributed by atoms with Gasteiger partial charge in [-0.15, -0.1) is 5.11 Å². The van der Waals surface area contributed by atoms with E-state index in [2.05, 4.69) is 5.11 Å². The van der Waals surface area contributed by atoms with E-state index in [4.69, 9.17) is 15.0 Å². The van der Waals surface area contributed by atoms with Gasteiger partial charge in [-0.05, 0) is 11.1 Å². The van der Waals surface area contributed by atoms with E-state index in [1.54, 1.807) is 24.3 Å². The Balaban J connectivity index is 3.02. The van der Waals surface area contributed by atoms with Crippen molar-refractivity contribution in [1.29, 1.82) is 5.53 Å². The van der Waals surface area contributed by atoms with E-state index in [-0.39, 0.29) is 6.61 Å². The molecule has 0 saturated carbocycles. The number of benzene rings is 1. The van der Waals surface area contributed by atoms with E-state index in [1.807, 2.05) is 0 Å². The second-order valence-corrected chi connectivity index (χ2v) is 3.54. The molecule has 1 aromatic carbocycles. The Labute approximate surface area is 104 Å². The van der Waals surface area contributed by atoms with E-state index in [0.717, 1.165) is 0 Å². The molecule has 18 heavy (non-hydrogen) atoms. The molecule has 96 valence electrons. The number of hydrogen-bond donors (Lipinski definition) is 1. The second-order valence-electron chi connectivity index (χ2n) is 3.54. The predicted molar refractivity (Wildman–Crippen MR) is 61.8 cm³/mol. The van der Waals surface area contributed by atoms with Crippen LogP contribution in [-0.2, 0) is 25.7 Å². The number of amides is 1. The Morgan fingerprint density at radius 3 is 2.61 bits per heavy atom. The van der Waals surface area contributed by atoms with Gasteiger partial charge >= 0.3 is 5.97 Å². The third-order valence-corrected chi connectivity index (χ3v) is 2.34. The molecule has 6 heteroatoms. The van der Waals surface area contributed by atoms with Gasteiger partial charge in [-0.25, -0.2) is 5.53 Å². The normalized spacial score (nSPS) is 11.7. The molecule has 0 aliphatic heterocycles. The molecule has 0 heterocycles. The van der Waals surface area contributed by atoms with Crippen LogP contribution in [0, 0.1) is 5.53 Å². The summed E-state index contributed by atoms with van der Waals surface area (Å²) in [6.07, 6.45) is -0.950. The molecule has 0 saturated heterocycles. The van der Waals surface area contributed by atoms with Gasteiger partial charge < -0.3 is 9.47 Å². The zero-order chi connectivity index (χ0) is 13.5. The van der Waals surface area contributed by atoms with Crippen LogP contribution in [0.5, 0.6) is 0 Å². The molecule has 0 spiro atoms. The Bertz CT molecular complexity index is 459. The van der Waals surface area contributed by atoms with Crippen molar-refractivity contribution in [3.63, 3.8) is 0 Å². The van der Waals surface area contributed by atoms with Crippen LogP contribution in [0.15, 0.2) is 29.4 Å². The molecule has 1 aromatic rings. The van der Waals surface area contributed by atoms with Gasteiger partial charge in [0.2, 0.25) is 0 Å². The average molecular weight is 250 g/mol. The van der Waals surface area contributed by atoms with Crippen LogP contribution >= 0.6 is 0 Å². The molecule has 1 amide bonds. The minimum absolute atomic E-state index is 0.0522. The first-order chi connectivity index (χ1) is 8.60. The predicted octanol–water partition coefficient (Wildman–Crippen LogP) is 1.99. The van der Waals surface area contributed by atoms with Crippen molar-refractivity contribution in [3.05, 3.63) is 35.4 Å². The molecule has 0 fully saturated rings. The van der Waals surface area contributed by atoms with Crippen molar-refractivity contribution in [2.24, 2.45) is 5.11 Å². The lowest BCUT2D eigenvalue weighted by Crippen LogP contribution is -2.14. The maximum Gasteiger partial charge on any atom is 0.302 e. The highest BCUT2D eigenvalue weighted by Gasteiger charge is 2.22. The number of hydrogen-bond acceptors (Lipinski definition) is 5. The summed E-state index contributed by atoms with van der Waals surface area (Å²) in [5.74, 6) is -1.11. The molecule has 0 radical (unpaired) electrons. The van der Waals surface area contributed by atoms with E-state index in [0.29, 0.717) is 11.1 Å². The first kappa shape index (κ1) is 14.0. The average Bonchev–Trinajstić information content (AvgIpc) is 2.38. The summed E-state index contributed by atoms with van der Waals surface area (Å²) in [4.78, 5) is 22.2. The quantitative estimate of drug-likeness (QED) is 0.639. The van der Waals surface area contributed by atoms with Crippen LogP contribution in [0.25, 0.3) is 0 Å². The molecule has 0 bridgehead atoms. The minimum Gasteiger partial charge on any atom is -0.461 e. The summed E-state index contributed by atoms with van der Waals surface area (Å²) >= 11 is 0. The fourth-order valence-electron chi connectivity index (χ4n) is 1.52. The number of methoxy groups -OCH3 is 1. The van der Waals surface area contributed by atoms with Gasteiger partial charge in [0.05, 0.1) is 0 Å². The maximum absolute atomic E-state index is 11.4. The summed E-state index contributed by atoms with van der Waals surface area (Å²) in [6, 6.07) is 6.89. The first-order valence-corrected chi connectivity index (χ1v) is 5.25. The van der Waals surface area contributed by atoms with Gasteiger partial charge in [-0.2, -0.15) is 0 Å². The molecule has 1 rings (SSSR count). The standard InChI is InChI=1S/C12H14N2O4/c1-8(15)18-7-9-5-3-4-6-10(9)11(17-2)12(16)14-13/h3-6,11,13H,7H2,1-2H3. The van der Waals surface area contributed by atoms with Crippen molar-refractivity contribution in [2.75, 3.05) is 7.11 Å². The molecule has 1 atom stereocenters. The number of nitrogens with zero attached hydrogens (tertiary/aromatic N) is 1. The Kier molecular flexibility index (Phi) is 5.13. The van der Waals surface area contributed by atoms with Crippen molar-refractivity contribution in [3.8, 4) is 0 Å². The van der Waals surface area contributed by atoms with Gasteiger partial charge in [0.15, 0.2) is 6.10 Å². The van der Waals surface area contributed by atoms with Crippen LogP contribution in [-0.4, -0.2) is 19.0 Å². The summed E-state index contributed by atoms with van der Waals surface area (Å²) < 4.78 is 9.93. The third kappa shape index (κ3) is 3.46. The van der Waals surface area contributed by atoms with E-state index >= 15 is 0 Å². The number of carbonyl (C=O) groups is 2. The Morgan fingerprint density at radius 1 is 1.39 bits per heavy atom.